The molecule has 0 radical (unpaired) electrons. The standard InChI is InChI=1S/C15H27NO/c1-3-5-12-8-9-15(17)13(10-12)14-7-4-6-11(2)16-14/h11-14,16H,3-10H2,1-2H3. The van der Waals surface area contributed by atoms with Gasteiger partial charge in [0.1, 0.15) is 5.78 Å². The maximum Gasteiger partial charge on any atom is 0.137 e. The summed E-state index contributed by atoms with van der Waals surface area (Å²) in [6.07, 6.45) is 9.48. The highest BCUT2D eigenvalue weighted by Gasteiger charge is 2.35. The molecule has 2 rings (SSSR count). The molecular formula is C15H27NO. The van der Waals surface area contributed by atoms with Crippen molar-refractivity contribution in [3.63, 3.8) is 0 Å². The number of piperidine rings is 1. The van der Waals surface area contributed by atoms with Gasteiger partial charge >= 0.3 is 0 Å². The molecule has 0 amide bonds. The van der Waals surface area contributed by atoms with Crippen molar-refractivity contribution in [1.29, 1.82) is 0 Å². The van der Waals surface area contributed by atoms with Crippen LogP contribution in [0.3, 0.4) is 0 Å². The van der Waals surface area contributed by atoms with Gasteiger partial charge in [-0.15, -0.1) is 0 Å². The molecular weight excluding hydrogens is 210 g/mol. The van der Waals surface area contributed by atoms with Crippen LogP contribution in [-0.4, -0.2) is 17.9 Å². The van der Waals surface area contributed by atoms with Crippen LogP contribution in [0.1, 0.15) is 65.2 Å². The third kappa shape index (κ3) is 3.31. The summed E-state index contributed by atoms with van der Waals surface area (Å²) in [7, 11) is 0. The number of carbonyl (C=O) groups excluding carboxylic acids is 1. The Morgan fingerprint density at radius 2 is 2.12 bits per heavy atom. The molecule has 0 aromatic rings. The van der Waals surface area contributed by atoms with Crippen LogP contribution in [0, 0.1) is 11.8 Å². The Labute approximate surface area is 106 Å². The van der Waals surface area contributed by atoms with Crippen molar-refractivity contribution in [2.45, 2.75) is 77.3 Å². The van der Waals surface area contributed by atoms with Gasteiger partial charge in [0.25, 0.3) is 0 Å². The number of hydrogen-bond acceptors (Lipinski definition) is 2. The highest BCUT2D eigenvalue weighted by molar-refractivity contribution is 5.82. The fourth-order valence-electron chi connectivity index (χ4n) is 3.69. The van der Waals surface area contributed by atoms with E-state index in [1.807, 2.05) is 0 Å². The number of ketones is 1. The molecule has 2 aliphatic rings. The lowest BCUT2D eigenvalue weighted by Crippen LogP contribution is -2.48. The molecule has 0 aromatic carbocycles. The summed E-state index contributed by atoms with van der Waals surface area (Å²) < 4.78 is 0. The summed E-state index contributed by atoms with van der Waals surface area (Å²) in [6.45, 7) is 4.51. The third-order valence-electron chi connectivity index (χ3n) is 4.63. The minimum atomic E-state index is 0.322. The van der Waals surface area contributed by atoms with Crippen molar-refractivity contribution in [3.05, 3.63) is 0 Å². The SMILES string of the molecule is CCCC1CCC(=O)C(C2CCCC(C)N2)C1. The number of nitrogens with one attached hydrogen (secondary N) is 1. The molecule has 17 heavy (non-hydrogen) atoms. The molecule has 1 heterocycles. The fourth-order valence-corrected chi connectivity index (χ4v) is 3.69. The number of rotatable bonds is 3. The van der Waals surface area contributed by atoms with Crippen molar-refractivity contribution in [2.75, 3.05) is 0 Å². The van der Waals surface area contributed by atoms with Crippen molar-refractivity contribution < 1.29 is 4.79 Å². The first kappa shape index (κ1) is 13.1. The predicted octanol–water partition coefficient (Wildman–Crippen LogP) is 3.30. The van der Waals surface area contributed by atoms with E-state index in [0.29, 0.717) is 23.8 Å². The lowest BCUT2D eigenvalue weighted by atomic mass is 9.73. The molecule has 2 fully saturated rings. The lowest BCUT2D eigenvalue weighted by molar-refractivity contribution is -0.127. The van der Waals surface area contributed by atoms with Gasteiger partial charge in [-0.25, -0.2) is 0 Å². The molecule has 0 aromatic heterocycles. The monoisotopic (exact) mass is 237 g/mol. The van der Waals surface area contributed by atoms with Crippen molar-refractivity contribution in [2.24, 2.45) is 11.8 Å². The van der Waals surface area contributed by atoms with Gasteiger partial charge in [-0.3, -0.25) is 4.79 Å². The van der Waals surface area contributed by atoms with Gasteiger partial charge in [-0.05, 0) is 38.5 Å². The van der Waals surface area contributed by atoms with E-state index < -0.39 is 0 Å². The Balaban J connectivity index is 1.94. The van der Waals surface area contributed by atoms with Gasteiger partial charge in [0.2, 0.25) is 0 Å². The van der Waals surface area contributed by atoms with Crippen LogP contribution < -0.4 is 5.32 Å². The zero-order chi connectivity index (χ0) is 12.3. The van der Waals surface area contributed by atoms with Crippen molar-refractivity contribution in [3.8, 4) is 0 Å². The van der Waals surface area contributed by atoms with E-state index in [0.717, 1.165) is 25.2 Å². The highest BCUT2D eigenvalue weighted by atomic mass is 16.1. The quantitative estimate of drug-likeness (QED) is 0.816. The van der Waals surface area contributed by atoms with Crippen LogP contribution in [0.15, 0.2) is 0 Å². The fraction of sp³-hybridized carbons (Fsp3) is 0.933. The minimum Gasteiger partial charge on any atom is -0.311 e. The smallest absolute Gasteiger partial charge is 0.137 e. The Hall–Kier alpha value is -0.370. The molecule has 1 N–H and O–H groups in total. The zero-order valence-corrected chi connectivity index (χ0v) is 11.4. The van der Waals surface area contributed by atoms with E-state index in [4.69, 9.17) is 0 Å². The van der Waals surface area contributed by atoms with E-state index in [2.05, 4.69) is 19.2 Å². The number of carbonyl (C=O) groups is 1. The summed E-state index contributed by atoms with van der Waals surface area (Å²) in [5.74, 6) is 1.66. The van der Waals surface area contributed by atoms with Gasteiger partial charge in [0, 0.05) is 24.4 Å². The molecule has 1 aliphatic heterocycles. The average molecular weight is 237 g/mol. The van der Waals surface area contributed by atoms with E-state index in [1.54, 1.807) is 0 Å². The van der Waals surface area contributed by atoms with Crippen molar-refractivity contribution >= 4 is 5.78 Å². The molecule has 0 spiro atoms. The molecule has 2 nitrogen and oxygen atoms in total. The highest BCUT2D eigenvalue weighted by Crippen LogP contribution is 2.34. The summed E-state index contributed by atoms with van der Waals surface area (Å²) in [5.41, 5.74) is 0. The predicted molar refractivity (Wildman–Crippen MR) is 71.0 cm³/mol. The normalized spacial score (nSPS) is 39.3. The first-order chi connectivity index (χ1) is 8.20. The Morgan fingerprint density at radius 1 is 1.29 bits per heavy atom. The second-order valence-corrected chi connectivity index (χ2v) is 6.11. The molecule has 1 saturated carbocycles. The number of Topliss-reactive ketones (excluding diaryl/α,β-unsaturated/α-hetero) is 1. The molecule has 1 saturated heterocycles. The van der Waals surface area contributed by atoms with Crippen LogP contribution in [0.4, 0.5) is 0 Å². The van der Waals surface area contributed by atoms with Crippen LogP contribution in [0.25, 0.3) is 0 Å². The van der Waals surface area contributed by atoms with E-state index in [1.165, 1.54) is 32.1 Å². The van der Waals surface area contributed by atoms with Gasteiger partial charge in [0.05, 0.1) is 0 Å². The van der Waals surface area contributed by atoms with Crippen LogP contribution in [0.5, 0.6) is 0 Å². The maximum atomic E-state index is 12.1. The second kappa shape index (κ2) is 5.99. The lowest BCUT2D eigenvalue weighted by Gasteiger charge is -2.38. The van der Waals surface area contributed by atoms with E-state index in [9.17, 15) is 4.79 Å². The summed E-state index contributed by atoms with van der Waals surface area (Å²) >= 11 is 0. The zero-order valence-electron chi connectivity index (χ0n) is 11.4. The molecule has 0 bridgehead atoms. The van der Waals surface area contributed by atoms with Gasteiger partial charge in [-0.2, -0.15) is 0 Å². The van der Waals surface area contributed by atoms with Gasteiger partial charge < -0.3 is 5.32 Å². The summed E-state index contributed by atoms with van der Waals surface area (Å²) in [6, 6.07) is 1.08. The van der Waals surface area contributed by atoms with Gasteiger partial charge in [0.15, 0.2) is 0 Å². The average Bonchev–Trinajstić information content (AvgIpc) is 2.32. The number of hydrogen-bond donors (Lipinski definition) is 1. The maximum absolute atomic E-state index is 12.1. The third-order valence-corrected chi connectivity index (χ3v) is 4.63. The van der Waals surface area contributed by atoms with E-state index in [-0.39, 0.29) is 0 Å². The van der Waals surface area contributed by atoms with Crippen LogP contribution in [-0.2, 0) is 4.79 Å². The Bertz CT molecular complexity index is 264. The molecule has 4 atom stereocenters. The summed E-state index contributed by atoms with van der Waals surface area (Å²) in [5, 5.41) is 3.66. The minimum absolute atomic E-state index is 0.322. The molecule has 2 heteroatoms. The molecule has 1 aliphatic carbocycles. The van der Waals surface area contributed by atoms with Crippen LogP contribution in [0.2, 0.25) is 0 Å². The van der Waals surface area contributed by atoms with Gasteiger partial charge in [-0.1, -0.05) is 26.2 Å². The van der Waals surface area contributed by atoms with E-state index >= 15 is 0 Å². The largest absolute Gasteiger partial charge is 0.311 e. The molecule has 98 valence electrons. The first-order valence-electron chi connectivity index (χ1n) is 7.49. The Kier molecular flexibility index (Phi) is 4.61. The Morgan fingerprint density at radius 3 is 2.82 bits per heavy atom. The van der Waals surface area contributed by atoms with Crippen LogP contribution >= 0.6 is 0 Å². The second-order valence-electron chi connectivity index (χ2n) is 6.11. The summed E-state index contributed by atoms with van der Waals surface area (Å²) in [4.78, 5) is 12.1. The topological polar surface area (TPSA) is 29.1 Å². The molecule has 4 unspecified atom stereocenters. The van der Waals surface area contributed by atoms with Crippen molar-refractivity contribution in [1.82, 2.24) is 5.32 Å². The first-order valence-corrected chi connectivity index (χ1v) is 7.49.